The fourth-order valence-corrected chi connectivity index (χ4v) is 6.09. The zero-order valence-corrected chi connectivity index (χ0v) is 24.2. The molecule has 0 aliphatic heterocycles. The van der Waals surface area contributed by atoms with E-state index < -0.39 is 10.0 Å². The SMILES string of the molecule is COc1ccc(CCN(Cc2ccco2)C(=O)CN(C2CC2)S(=O)(=O)c2ccc(C(C)(C)C)cc2)cc1OC. The second kappa shape index (κ2) is 11.8. The summed E-state index contributed by atoms with van der Waals surface area (Å²) in [5.74, 6) is 1.61. The van der Waals surface area contributed by atoms with Crippen molar-refractivity contribution in [2.24, 2.45) is 0 Å². The molecule has 1 saturated carbocycles. The maximum absolute atomic E-state index is 13.7. The number of hydrogen-bond acceptors (Lipinski definition) is 6. The summed E-state index contributed by atoms with van der Waals surface area (Å²) < 4.78 is 45.0. The number of ether oxygens (including phenoxy) is 2. The Bertz CT molecular complexity index is 1360. The topological polar surface area (TPSA) is 89.3 Å². The van der Waals surface area contributed by atoms with Crippen molar-refractivity contribution in [3.63, 3.8) is 0 Å². The Morgan fingerprint density at radius 3 is 2.26 bits per heavy atom. The van der Waals surface area contributed by atoms with Crippen LogP contribution in [0.15, 0.2) is 70.2 Å². The molecule has 0 spiro atoms. The van der Waals surface area contributed by atoms with E-state index in [0.29, 0.717) is 30.2 Å². The van der Waals surface area contributed by atoms with E-state index in [9.17, 15) is 13.2 Å². The van der Waals surface area contributed by atoms with Crippen LogP contribution in [0.25, 0.3) is 0 Å². The smallest absolute Gasteiger partial charge is 0.243 e. The predicted octanol–water partition coefficient (Wildman–Crippen LogP) is 5.02. The van der Waals surface area contributed by atoms with Crippen LogP contribution in [-0.4, -0.2) is 56.9 Å². The van der Waals surface area contributed by atoms with E-state index >= 15 is 0 Å². The molecule has 0 unspecified atom stereocenters. The van der Waals surface area contributed by atoms with Gasteiger partial charge in [-0.1, -0.05) is 39.0 Å². The summed E-state index contributed by atoms with van der Waals surface area (Å²) in [6, 6.07) is 16.1. The lowest BCUT2D eigenvalue weighted by molar-refractivity contribution is -0.132. The molecule has 1 aliphatic carbocycles. The van der Waals surface area contributed by atoms with E-state index in [2.05, 4.69) is 20.8 Å². The second-order valence-electron chi connectivity index (χ2n) is 10.9. The average Bonchev–Trinajstić information content (AvgIpc) is 3.62. The monoisotopic (exact) mass is 554 g/mol. The minimum Gasteiger partial charge on any atom is -0.493 e. The summed E-state index contributed by atoms with van der Waals surface area (Å²) in [6.07, 6.45) is 3.61. The van der Waals surface area contributed by atoms with E-state index in [1.807, 2.05) is 36.4 Å². The normalized spacial score (nSPS) is 13.9. The highest BCUT2D eigenvalue weighted by atomic mass is 32.2. The molecule has 1 aromatic heterocycles. The number of hydrogen-bond donors (Lipinski definition) is 0. The van der Waals surface area contributed by atoms with Crippen molar-refractivity contribution in [3.05, 3.63) is 77.7 Å². The number of furan rings is 1. The van der Waals surface area contributed by atoms with Crippen LogP contribution < -0.4 is 9.47 Å². The molecule has 9 heteroatoms. The first kappa shape index (κ1) is 28.7. The molecule has 3 aromatic rings. The molecule has 0 bridgehead atoms. The lowest BCUT2D eigenvalue weighted by Crippen LogP contribution is -2.44. The fraction of sp³-hybridized carbons (Fsp3) is 0.433. The van der Waals surface area contributed by atoms with Crippen molar-refractivity contribution in [1.82, 2.24) is 9.21 Å². The molecule has 2 aromatic carbocycles. The highest BCUT2D eigenvalue weighted by Gasteiger charge is 2.40. The molecule has 39 heavy (non-hydrogen) atoms. The van der Waals surface area contributed by atoms with E-state index in [-0.39, 0.29) is 35.3 Å². The van der Waals surface area contributed by atoms with E-state index in [1.54, 1.807) is 43.6 Å². The first-order chi connectivity index (χ1) is 18.5. The van der Waals surface area contributed by atoms with E-state index in [1.165, 1.54) is 4.31 Å². The van der Waals surface area contributed by atoms with Gasteiger partial charge >= 0.3 is 0 Å². The third kappa shape index (κ3) is 7.02. The van der Waals surface area contributed by atoms with Gasteiger partial charge in [0.25, 0.3) is 0 Å². The summed E-state index contributed by atoms with van der Waals surface area (Å²) in [7, 11) is -0.678. The van der Waals surface area contributed by atoms with Gasteiger partial charge in [-0.15, -0.1) is 0 Å². The lowest BCUT2D eigenvalue weighted by Gasteiger charge is -2.27. The van der Waals surface area contributed by atoms with Crippen molar-refractivity contribution in [2.75, 3.05) is 27.3 Å². The number of carbonyl (C=O) groups is 1. The molecular weight excluding hydrogens is 516 g/mol. The van der Waals surface area contributed by atoms with Gasteiger partial charge in [0.1, 0.15) is 5.76 Å². The van der Waals surface area contributed by atoms with Gasteiger partial charge in [0.05, 0.1) is 38.5 Å². The average molecular weight is 555 g/mol. The van der Waals surface area contributed by atoms with Gasteiger partial charge < -0.3 is 18.8 Å². The zero-order valence-electron chi connectivity index (χ0n) is 23.3. The molecular formula is C30H38N2O6S. The van der Waals surface area contributed by atoms with Crippen molar-refractivity contribution in [3.8, 4) is 11.5 Å². The largest absolute Gasteiger partial charge is 0.493 e. The standard InChI is InChI=1S/C30H38N2O6S/c1-30(2,3)23-9-13-26(14-10-23)39(34,35)32(24-11-12-24)21-29(33)31(20-25-7-6-18-38-25)17-16-22-8-15-27(36-4)28(19-22)37-5/h6-10,13-15,18-19,24H,11-12,16-17,20-21H2,1-5H3. The number of amides is 1. The molecule has 0 radical (unpaired) electrons. The minimum absolute atomic E-state index is 0.0886. The van der Waals surface area contributed by atoms with Gasteiger partial charge in [0.15, 0.2) is 11.5 Å². The molecule has 0 saturated heterocycles. The predicted molar refractivity (Wildman–Crippen MR) is 149 cm³/mol. The van der Waals surface area contributed by atoms with Crippen molar-refractivity contribution in [2.45, 2.75) is 62.9 Å². The van der Waals surface area contributed by atoms with Crippen LogP contribution >= 0.6 is 0 Å². The lowest BCUT2D eigenvalue weighted by atomic mass is 9.87. The number of methoxy groups -OCH3 is 2. The summed E-state index contributed by atoms with van der Waals surface area (Å²) >= 11 is 0. The van der Waals surface area contributed by atoms with Gasteiger partial charge in [-0.3, -0.25) is 4.79 Å². The quantitative estimate of drug-likeness (QED) is 0.312. The van der Waals surface area contributed by atoms with Crippen LogP contribution in [0.5, 0.6) is 11.5 Å². The first-order valence-corrected chi connectivity index (χ1v) is 14.6. The molecule has 1 heterocycles. The number of sulfonamides is 1. The number of benzene rings is 2. The van der Waals surface area contributed by atoms with Gasteiger partial charge in [-0.05, 0) is 72.2 Å². The maximum atomic E-state index is 13.7. The second-order valence-corrected chi connectivity index (χ2v) is 12.8. The molecule has 1 amide bonds. The van der Waals surface area contributed by atoms with Crippen molar-refractivity contribution in [1.29, 1.82) is 0 Å². The van der Waals surface area contributed by atoms with Gasteiger partial charge in [0, 0.05) is 12.6 Å². The van der Waals surface area contributed by atoms with Gasteiger partial charge in [-0.25, -0.2) is 8.42 Å². The van der Waals surface area contributed by atoms with Gasteiger partial charge in [0.2, 0.25) is 15.9 Å². The van der Waals surface area contributed by atoms with Crippen LogP contribution in [0.2, 0.25) is 0 Å². The number of carbonyl (C=O) groups excluding carboxylic acids is 1. The molecule has 0 N–H and O–H groups in total. The molecule has 0 atom stereocenters. The first-order valence-electron chi connectivity index (χ1n) is 13.2. The summed E-state index contributed by atoms with van der Waals surface area (Å²) in [6.45, 7) is 6.66. The molecule has 210 valence electrons. The Kier molecular flexibility index (Phi) is 8.71. The number of nitrogens with zero attached hydrogens (tertiary/aromatic N) is 2. The zero-order chi connectivity index (χ0) is 28.2. The highest BCUT2D eigenvalue weighted by Crippen LogP contribution is 2.33. The van der Waals surface area contributed by atoms with Gasteiger partial charge in [-0.2, -0.15) is 4.31 Å². The van der Waals surface area contributed by atoms with Crippen LogP contribution in [0.3, 0.4) is 0 Å². The van der Waals surface area contributed by atoms with Crippen LogP contribution in [-0.2, 0) is 33.2 Å². The highest BCUT2D eigenvalue weighted by molar-refractivity contribution is 7.89. The third-order valence-corrected chi connectivity index (χ3v) is 8.88. The summed E-state index contributed by atoms with van der Waals surface area (Å²) in [5, 5.41) is 0. The summed E-state index contributed by atoms with van der Waals surface area (Å²) in [4.78, 5) is 15.5. The fourth-order valence-electron chi connectivity index (χ4n) is 4.45. The molecule has 4 rings (SSSR count). The Morgan fingerprint density at radius 2 is 1.69 bits per heavy atom. The molecule has 1 aliphatic rings. The number of rotatable bonds is 12. The Labute approximate surface area is 231 Å². The van der Waals surface area contributed by atoms with Crippen LogP contribution in [0, 0.1) is 0 Å². The molecule has 1 fully saturated rings. The van der Waals surface area contributed by atoms with Crippen LogP contribution in [0.1, 0.15) is 50.5 Å². The maximum Gasteiger partial charge on any atom is 0.243 e. The Balaban J connectivity index is 1.53. The summed E-state index contributed by atoms with van der Waals surface area (Å²) in [5.41, 5.74) is 1.93. The van der Waals surface area contributed by atoms with E-state index in [0.717, 1.165) is 24.0 Å². The molecule has 8 nitrogen and oxygen atoms in total. The van der Waals surface area contributed by atoms with Crippen molar-refractivity contribution < 1.29 is 27.1 Å². The van der Waals surface area contributed by atoms with E-state index in [4.69, 9.17) is 13.9 Å². The van der Waals surface area contributed by atoms with Crippen LogP contribution in [0.4, 0.5) is 0 Å². The Hall–Kier alpha value is -3.30. The Morgan fingerprint density at radius 1 is 1.00 bits per heavy atom. The third-order valence-electron chi connectivity index (χ3n) is 6.97. The van der Waals surface area contributed by atoms with Crippen molar-refractivity contribution >= 4 is 15.9 Å². The minimum atomic E-state index is -3.84.